The molecule has 26 heavy (non-hydrogen) atoms. The van der Waals surface area contributed by atoms with Crippen LogP contribution in [0.25, 0.3) is 0 Å². The number of amides is 2. The van der Waals surface area contributed by atoms with E-state index in [0.717, 1.165) is 31.9 Å². The molecule has 9 nitrogen and oxygen atoms in total. The third kappa shape index (κ3) is 3.62. The quantitative estimate of drug-likeness (QED) is 0.891. The van der Waals surface area contributed by atoms with Gasteiger partial charge in [-0.05, 0) is 31.0 Å². The Morgan fingerprint density at radius 2 is 2.15 bits per heavy atom. The number of rotatable bonds is 3. The molecule has 2 aromatic heterocycles. The topological polar surface area (TPSA) is 88.4 Å². The maximum absolute atomic E-state index is 12.5. The van der Waals surface area contributed by atoms with E-state index < -0.39 is 0 Å². The van der Waals surface area contributed by atoms with Gasteiger partial charge in [0, 0.05) is 39.0 Å². The van der Waals surface area contributed by atoms with Gasteiger partial charge >= 0.3 is 6.03 Å². The number of aryl methyl sites for hydroxylation is 1. The zero-order valence-corrected chi connectivity index (χ0v) is 14.8. The van der Waals surface area contributed by atoms with Crippen molar-refractivity contribution in [3.8, 4) is 0 Å². The number of anilines is 2. The number of urea groups is 1. The van der Waals surface area contributed by atoms with E-state index in [-0.39, 0.29) is 12.1 Å². The van der Waals surface area contributed by atoms with Crippen LogP contribution < -0.4 is 10.2 Å². The van der Waals surface area contributed by atoms with Crippen LogP contribution in [-0.4, -0.2) is 70.3 Å². The fourth-order valence-electron chi connectivity index (χ4n) is 3.26. The molecule has 0 spiro atoms. The molecule has 1 N–H and O–H groups in total. The van der Waals surface area contributed by atoms with Crippen LogP contribution in [0, 0.1) is 6.92 Å². The van der Waals surface area contributed by atoms with Crippen molar-refractivity contribution >= 4 is 17.7 Å². The van der Waals surface area contributed by atoms with E-state index >= 15 is 0 Å². The Morgan fingerprint density at radius 1 is 1.31 bits per heavy atom. The minimum absolute atomic E-state index is 0.142. The van der Waals surface area contributed by atoms with Crippen LogP contribution in [0.4, 0.5) is 16.4 Å². The fourth-order valence-corrected chi connectivity index (χ4v) is 3.26. The maximum atomic E-state index is 12.5. The van der Waals surface area contributed by atoms with Gasteiger partial charge in [0.2, 0.25) is 0 Å². The highest BCUT2D eigenvalue weighted by Gasteiger charge is 2.23. The monoisotopic (exact) mass is 357 g/mol. The molecule has 0 aliphatic carbocycles. The van der Waals surface area contributed by atoms with Crippen molar-refractivity contribution < 1.29 is 9.53 Å². The van der Waals surface area contributed by atoms with Gasteiger partial charge in [-0.1, -0.05) is 5.21 Å². The van der Waals surface area contributed by atoms with E-state index in [2.05, 4.69) is 38.5 Å². The largest absolute Gasteiger partial charge is 0.379 e. The van der Waals surface area contributed by atoms with E-state index in [1.165, 1.54) is 5.56 Å². The highest BCUT2D eigenvalue weighted by atomic mass is 16.5. The van der Waals surface area contributed by atoms with Gasteiger partial charge in [-0.15, -0.1) is 5.10 Å². The standard InChI is InChI=1S/C17H23N7O2/c1-13-2-4-18-16(10-13)22-5-7-23(8-6-22)17(25)19-15-11-24(21-20-15)14-3-9-26-12-14/h2,4,10-11,14H,3,5-9,12H2,1H3,(H,19,25). The smallest absolute Gasteiger partial charge is 0.323 e. The summed E-state index contributed by atoms with van der Waals surface area (Å²) in [6, 6.07) is 4.12. The lowest BCUT2D eigenvalue weighted by molar-refractivity contribution is 0.184. The fraction of sp³-hybridized carbons (Fsp3) is 0.529. The lowest BCUT2D eigenvalue weighted by Crippen LogP contribution is -2.50. The minimum atomic E-state index is -0.142. The summed E-state index contributed by atoms with van der Waals surface area (Å²) in [6.45, 7) is 6.25. The summed E-state index contributed by atoms with van der Waals surface area (Å²) in [5.41, 5.74) is 1.19. The van der Waals surface area contributed by atoms with Crippen LogP contribution in [0.15, 0.2) is 24.5 Å². The first kappa shape index (κ1) is 16.8. The SMILES string of the molecule is Cc1ccnc(N2CCN(C(=O)Nc3cn(C4CCOC4)nn3)CC2)c1. The van der Waals surface area contributed by atoms with Crippen molar-refractivity contribution in [2.75, 3.05) is 49.6 Å². The summed E-state index contributed by atoms with van der Waals surface area (Å²) in [5.74, 6) is 1.44. The molecule has 0 aromatic carbocycles. The van der Waals surface area contributed by atoms with Gasteiger partial charge in [0.1, 0.15) is 5.82 Å². The Morgan fingerprint density at radius 3 is 2.88 bits per heavy atom. The first-order chi connectivity index (χ1) is 12.7. The summed E-state index contributed by atoms with van der Waals surface area (Å²) in [5, 5.41) is 11.0. The van der Waals surface area contributed by atoms with Crippen molar-refractivity contribution in [1.82, 2.24) is 24.9 Å². The summed E-state index contributed by atoms with van der Waals surface area (Å²) in [6.07, 6.45) is 4.51. The Balaban J connectivity index is 1.31. The molecular weight excluding hydrogens is 334 g/mol. The van der Waals surface area contributed by atoms with Gasteiger partial charge < -0.3 is 14.5 Å². The van der Waals surface area contributed by atoms with Gasteiger partial charge in [-0.3, -0.25) is 5.32 Å². The average Bonchev–Trinajstić information content (AvgIpc) is 3.33. The number of ether oxygens (including phenoxy) is 1. The van der Waals surface area contributed by atoms with Gasteiger partial charge in [0.15, 0.2) is 5.82 Å². The normalized spacial score (nSPS) is 20.4. The number of hydrogen-bond donors (Lipinski definition) is 1. The lowest BCUT2D eigenvalue weighted by Gasteiger charge is -2.35. The number of hydrogen-bond acceptors (Lipinski definition) is 6. The van der Waals surface area contributed by atoms with Crippen molar-refractivity contribution in [1.29, 1.82) is 0 Å². The second-order valence-corrected chi connectivity index (χ2v) is 6.70. The predicted molar refractivity (Wildman–Crippen MR) is 96.3 cm³/mol. The number of nitrogens with zero attached hydrogens (tertiary/aromatic N) is 6. The maximum Gasteiger partial charge on any atom is 0.323 e. The van der Waals surface area contributed by atoms with E-state index in [4.69, 9.17) is 4.74 Å². The first-order valence-electron chi connectivity index (χ1n) is 8.92. The van der Waals surface area contributed by atoms with Gasteiger partial charge in [0.05, 0.1) is 18.8 Å². The number of carbonyl (C=O) groups is 1. The Hall–Kier alpha value is -2.68. The molecule has 9 heteroatoms. The average molecular weight is 357 g/mol. The van der Waals surface area contributed by atoms with Crippen LogP contribution in [0.3, 0.4) is 0 Å². The molecule has 2 amide bonds. The second-order valence-electron chi connectivity index (χ2n) is 6.70. The predicted octanol–water partition coefficient (Wildman–Crippen LogP) is 1.30. The number of piperazine rings is 1. The second kappa shape index (κ2) is 7.28. The van der Waals surface area contributed by atoms with Crippen molar-refractivity contribution in [3.63, 3.8) is 0 Å². The van der Waals surface area contributed by atoms with Crippen LogP contribution in [0.1, 0.15) is 18.0 Å². The van der Waals surface area contributed by atoms with E-state index in [1.807, 2.05) is 12.3 Å². The van der Waals surface area contributed by atoms with Crippen LogP contribution >= 0.6 is 0 Å². The molecular formula is C17H23N7O2. The number of pyridine rings is 1. The zero-order chi connectivity index (χ0) is 17.9. The number of aromatic nitrogens is 4. The third-order valence-electron chi connectivity index (χ3n) is 4.82. The van der Waals surface area contributed by atoms with Gasteiger partial charge in [-0.25, -0.2) is 14.5 Å². The van der Waals surface area contributed by atoms with Crippen LogP contribution in [0.5, 0.6) is 0 Å². The molecule has 138 valence electrons. The summed E-state index contributed by atoms with van der Waals surface area (Å²) in [4.78, 5) is 20.9. The van der Waals surface area contributed by atoms with Crippen LogP contribution in [0.2, 0.25) is 0 Å². The Kier molecular flexibility index (Phi) is 4.70. The van der Waals surface area contributed by atoms with Crippen LogP contribution in [-0.2, 0) is 4.74 Å². The molecule has 0 radical (unpaired) electrons. The molecule has 2 aromatic rings. The Labute approximate surface area is 151 Å². The number of carbonyl (C=O) groups excluding carboxylic acids is 1. The van der Waals surface area contributed by atoms with Gasteiger partial charge in [-0.2, -0.15) is 0 Å². The first-order valence-corrected chi connectivity index (χ1v) is 8.92. The van der Waals surface area contributed by atoms with Gasteiger partial charge in [0.25, 0.3) is 0 Å². The highest BCUT2D eigenvalue weighted by molar-refractivity contribution is 5.88. The van der Waals surface area contributed by atoms with E-state index in [9.17, 15) is 4.79 Å². The Bertz CT molecular complexity index is 764. The van der Waals surface area contributed by atoms with Crippen molar-refractivity contribution in [2.24, 2.45) is 0 Å². The lowest BCUT2D eigenvalue weighted by atomic mass is 10.2. The summed E-state index contributed by atoms with van der Waals surface area (Å²) in [7, 11) is 0. The third-order valence-corrected chi connectivity index (χ3v) is 4.82. The molecule has 2 aliphatic rings. The molecule has 0 saturated carbocycles. The van der Waals surface area contributed by atoms with Crippen molar-refractivity contribution in [3.05, 3.63) is 30.1 Å². The molecule has 2 fully saturated rings. The highest BCUT2D eigenvalue weighted by Crippen LogP contribution is 2.19. The van der Waals surface area contributed by atoms with Crippen molar-refractivity contribution in [2.45, 2.75) is 19.4 Å². The molecule has 4 rings (SSSR count). The molecule has 1 atom stereocenters. The molecule has 1 unspecified atom stereocenters. The summed E-state index contributed by atoms with van der Waals surface area (Å²) < 4.78 is 7.12. The molecule has 4 heterocycles. The summed E-state index contributed by atoms with van der Waals surface area (Å²) >= 11 is 0. The van der Waals surface area contributed by atoms with E-state index in [1.54, 1.807) is 15.8 Å². The molecule has 2 saturated heterocycles. The molecule has 2 aliphatic heterocycles. The minimum Gasteiger partial charge on any atom is -0.379 e. The molecule has 0 bridgehead atoms. The van der Waals surface area contributed by atoms with E-state index in [0.29, 0.717) is 25.5 Å². The zero-order valence-electron chi connectivity index (χ0n) is 14.8. The number of nitrogens with one attached hydrogen (secondary N) is 1.